The molecule has 1 heterocycles. The number of carboxylic acid groups (broad SMARTS) is 1. The third-order valence-corrected chi connectivity index (χ3v) is 4.78. The van der Waals surface area contributed by atoms with E-state index in [1.165, 1.54) is 12.1 Å². The first kappa shape index (κ1) is 20.5. The summed E-state index contributed by atoms with van der Waals surface area (Å²) in [6.07, 6.45) is -5.45. The Morgan fingerprint density at radius 2 is 1.69 bits per heavy atom. The van der Waals surface area contributed by atoms with Crippen molar-refractivity contribution in [1.82, 2.24) is 4.98 Å². The van der Waals surface area contributed by atoms with Crippen LogP contribution in [0, 0.1) is 5.82 Å². The number of carbonyl (C=O) groups excluding carboxylic acids is 1. The highest BCUT2D eigenvalue weighted by atomic mass is 32.1. The van der Waals surface area contributed by atoms with Crippen LogP contribution < -0.4 is 10.6 Å². The summed E-state index contributed by atoms with van der Waals surface area (Å²) < 4.78 is 52.3. The Balaban J connectivity index is 1.84. The van der Waals surface area contributed by atoms with Gasteiger partial charge in [0.05, 0.1) is 10.2 Å². The number of nitrogens with zero attached hydrogens (tertiary/aromatic N) is 1. The Morgan fingerprint density at radius 1 is 1.03 bits per heavy atom. The molecular weight excluding hydrogens is 418 g/mol. The predicted molar refractivity (Wildman–Crippen MR) is 96.2 cm³/mol. The molecule has 0 spiro atoms. The first-order chi connectivity index (χ1) is 13.5. The predicted octanol–water partition coefficient (Wildman–Crippen LogP) is 3.91. The van der Waals surface area contributed by atoms with Crippen molar-refractivity contribution in [3.63, 3.8) is 0 Å². The second-order valence-corrected chi connectivity index (χ2v) is 6.83. The van der Waals surface area contributed by atoms with Crippen LogP contribution >= 0.6 is 11.3 Å². The van der Waals surface area contributed by atoms with Crippen molar-refractivity contribution in [2.24, 2.45) is 0 Å². The zero-order valence-corrected chi connectivity index (χ0v) is 14.9. The Hall–Kier alpha value is -3.25. The van der Waals surface area contributed by atoms with E-state index in [-0.39, 0.29) is 15.3 Å². The number of hydrogen-bond donors (Lipinski definition) is 4. The largest absolute Gasteiger partial charge is 0.479 e. The maximum Gasteiger partial charge on any atom is 0.432 e. The van der Waals surface area contributed by atoms with Gasteiger partial charge in [0.15, 0.2) is 5.13 Å². The van der Waals surface area contributed by atoms with Crippen LogP contribution in [-0.2, 0) is 10.4 Å². The van der Waals surface area contributed by atoms with E-state index < -0.39 is 35.2 Å². The van der Waals surface area contributed by atoms with Crippen molar-refractivity contribution in [3.05, 3.63) is 53.8 Å². The molecule has 1 unspecified atom stereocenters. The number of halogens is 4. The normalized spacial score (nSPS) is 13.7. The number of carboxylic acids is 1. The summed E-state index contributed by atoms with van der Waals surface area (Å²) in [7, 11) is 0. The van der Waals surface area contributed by atoms with Crippen LogP contribution in [-0.4, -0.2) is 33.4 Å². The highest BCUT2D eigenvalue weighted by molar-refractivity contribution is 7.22. The molecule has 12 heteroatoms. The summed E-state index contributed by atoms with van der Waals surface area (Å²) >= 11 is 0.777. The third kappa shape index (κ3) is 3.98. The molecule has 0 radical (unpaired) electrons. The van der Waals surface area contributed by atoms with Gasteiger partial charge in [0.2, 0.25) is 0 Å². The van der Waals surface area contributed by atoms with E-state index in [0.29, 0.717) is 5.69 Å². The lowest BCUT2D eigenvalue weighted by atomic mass is 9.93. The van der Waals surface area contributed by atoms with Crippen LogP contribution in [0.3, 0.4) is 0 Å². The summed E-state index contributed by atoms with van der Waals surface area (Å²) in [4.78, 5) is 27.1. The second kappa shape index (κ2) is 7.29. The molecule has 2 aromatic carbocycles. The van der Waals surface area contributed by atoms with E-state index in [1.54, 1.807) is 0 Å². The van der Waals surface area contributed by atoms with Gasteiger partial charge in [-0.15, -0.1) is 0 Å². The Morgan fingerprint density at radius 3 is 2.28 bits per heavy atom. The first-order valence-corrected chi connectivity index (χ1v) is 8.59. The van der Waals surface area contributed by atoms with Crippen molar-refractivity contribution >= 4 is 44.4 Å². The van der Waals surface area contributed by atoms with Gasteiger partial charge < -0.3 is 15.5 Å². The zero-order chi connectivity index (χ0) is 21.4. The lowest BCUT2D eigenvalue weighted by Gasteiger charge is -2.26. The van der Waals surface area contributed by atoms with E-state index in [4.69, 9.17) is 5.11 Å². The Labute approximate surface area is 163 Å². The minimum atomic E-state index is -5.45. The van der Waals surface area contributed by atoms with Crippen molar-refractivity contribution in [3.8, 4) is 0 Å². The minimum Gasteiger partial charge on any atom is -0.479 e. The molecule has 3 rings (SSSR count). The topological polar surface area (TPSA) is 112 Å². The molecule has 0 saturated carbocycles. The van der Waals surface area contributed by atoms with Gasteiger partial charge in [-0.25, -0.2) is 19.0 Å². The lowest BCUT2D eigenvalue weighted by Crippen LogP contribution is -2.49. The number of rotatable bonds is 4. The quantitative estimate of drug-likeness (QED) is 0.470. The number of amides is 2. The number of alkyl halides is 3. The van der Waals surface area contributed by atoms with E-state index in [0.717, 1.165) is 41.7 Å². The number of nitrogens with one attached hydrogen (secondary N) is 2. The SMILES string of the molecule is O=C(Nc1ccc(F)cc1)Nc1nc2ccc(C(O)(C(=O)O)C(F)(F)F)cc2s1. The summed E-state index contributed by atoms with van der Waals surface area (Å²) in [6.45, 7) is 0. The van der Waals surface area contributed by atoms with Crippen LogP contribution in [0.1, 0.15) is 5.56 Å². The fourth-order valence-electron chi connectivity index (χ4n) is 2.40. The van der Waals surface area contributed by atoms with Gasteiger partial charge in [-0.3, -0.25) is 5.32 Å². The zero-order valence-electron chi connectivity index (χ0n) is 14.1. The van der Waals surface area contributed by atoms with Crippen LogP contribution in [0.4, 0.5) is 33.2 Å². The molecule has 2 amide bonds. The molecule has 0 saturated heterocycles. The van der Waals surface area contributed by atoms with E-state index in [2.05, 4.69) is 15.6 Å². The summed E-state index contributed by atoms with van der Waals surface area (Å²) in [5, 5.41) is 23.4. The number of anilines is 2. The number of aliphatic carboxylic acids is 1. The van der Waals surface area contributed by atoms with E-state index >= 15 is 0 Å². The maximum absolute atomic E-state index is 13.1. The average Bonchev–Trinajstić information content (AvgIpc) is 3.02. The summed E-state index contributed by atoms with van der Waals surface area (Å²) in [5.41, 5.74) is -4.50. The number of aromatic nitrogens is 1. The molecule has 0 aliphatic rings. The molecule has 29 heavy (non-hydrogen) atoms. The van der Waals surface area contributed by atoms with Crippen molar-refractivity contribution in [1.29, 1.82) is 0 Å². The molecule has 4 N–H and O–H groups in total. The molecule has 152 valence electrons. The smallest absolute Gasteiger partial charge is 0.432 e. The number of carbonyl (C=O) groups is 2. The molecule has 0 aliphatic carbocycles. The molecule has 0 aliphatic heterocycles. The van der Waals surface area contributed by atoms with Crippen molar-refractivity contribution < 1.29 is 37.4 Å². The van der Waals surface area contributed by atoms with E-state index in [9.17, 15) is 32.3 Å². The standard InChI is InChI=1S/C17H11F4N3O4S/c18-9-2-4-10(5-3-9)22-14(27)24-15-23-11-6-1-8(7-12(11)29-15)16(28,13(25)26)17(19,20)21/h1-7,28H,(H,25,26)(H2,22,23,24,27). The second-order valence-electron chi connectivity index (χ2n) is 5.80. The van der Waals surface area contributed by atoms with Gasteiger partial charge in [-0.2, -0.15) is 13.2 Å². The average molecular weight is 429 g/mol. The molecular formula is C17H11F4N3O4S. The van der Waals surface area contributed by atoms with Gasteiger partial charge in [-0.1, -0.05) is 17.4 Å². The summed E-state index contributed by atoms with van der Waals surface area (Å²) in [6, 6.07) is 6.94. The fraction of sp³-hybridized carbons (Fsp3) is 0.118. The molecule has 0 bridgehead atoms. The number of hydrogen-bond acceptors (Lipinski definition) is 5. The number of urea groups is 1. The van der Waals surface area contributed by atoms with Gasteiger partial charge in [0, 0.05) is 11.3 Å². The van der Waals surface area contributed by atoms with Crippen LogP contribution in [0.5, 0.6) is 0 Å². The van der Waals surface area contributed by atoms with Gasteiger partial charge in [-0.05, 0) is 36.4 Å². The highest BCUT2D eigenvalue weighted by Crippen LogP contribution is 2.41. The van der Waals surface area contributed by atoms with Crippen LogP contribution in [0.2, 0.25) is 0 Å². The fourth-order valence-corrected chi connectivity index (χ4v) is 3.30. The molecule has 7 nitrogen and oxygen atoms in total. The van der Waals surface area contributed by atoms with Gasteiger partial charge >= 0.3 is 18.2 Å². The molecule has 1 atom stereocenters. The van der Waals surface area contributed by atoms with Crippen molar-refractivity contribution in [2.75, 3.05) is 10.6 Å². The highest BCUT2D eigenvalue weighted by Gasteiger charge is 2.61. The number of thiazole rings is 1. The monoisotopic (exact) mass is 429 g/mol. The van der Waals surface area contributed by atoms with Gasteiger partial charge in [0.25, 0.3) is 5.60 Å². The number of aliphatic hydroxyl groups is 1. The molecule has 3 aromatic rings. The summed E-state index contributed by atoms with van der Waals surface area (Å²) in [5.74, 6) is -2.95. The lowest BCUT2D eigenvalue weighted by molar-refractivity contribution is -0.265. The third-order valence-electron chi connectivity index (χ3n) is 3.85. The Bertz CT molecular complexity index is 1080. The van der Waals surface area contributed by atoms with Crippen molar-refractivity contribution in [2.45, 2.75) is 11.8 Å². The van der Waals surface area contributed by atoms with E-state index in [1.807, 2.05) is 0 Å². The number of fused-ring (bicyclic) bond motifs is 1. The van der Waals surface area contributed by atoms with Gasteiger partial charge in [0.1, 0.15) is 5.82 Å². The van der Waals surface area contributed by atoms with Crippen LogP contribution in [0.15, 0.2) is 42.5 Å². The Kier molecular flexibility index (Phi) is 5.15. The minimum absolute atomic E-state index is 0.0163. The molecule has 0 fully saturated rings. The molecule has 1 aromatic heterocycles. The van der Waals surface area contributed by atoms with Crippen LogP contribution in [0.25, 0.3) is 10.2 Å². The maximum atomic E-state index is 13.1. The first-order valence-electron chi connectivity index (χ1n) is 7.78. The number of benzene rings is 2.